The van der Waals surface area contributed by atoms with Crippen LogP contribution in [0.3, 0.4) is 0 Å². The van der Waals surface area contributed by atoms with Gasteiger partial charge in [-0.1, -0.05) is 96.1 Å². The van der Waals surface area contributed by atoms with Crippen molar-refractivity contribution in [3.8, 4) is 11.4 Å². The van der Waals surface area contributed by atoms with Gasteiger partial charge in [0.2, 0.25) is 0 Å². The molecule has 0 fully saturated rings. The molecule has 188 valence electrons. The van der Waals surface area contributed by atoms with E-state index in [1.165, 1.54) is 101 Å². The van der Waals surface area contributed by atoms with Gasteiger partial charge in [0.15, 0.2) is 0 Å². The van der Waals surface area contributed by atoms with Gasteiger partial charge in [0, 0.05) is 6.20 Å². The number of pyridine rings is 2. The zero-order valence-electron chi connectivity index (χ0n) is 22.0. The van der Waals surface area contributed by atoms with Gasteiger partial charge in [-0.3, -0.25) is 4.98 Å². The van der Waals surface area contributed by atoms with Crippen LogP contribution in [0, 0.1) is 0 Å². The lowest BCUT2D eigenvalue weighted by Gasteiger charge is -2.10. The molecule has 4 nitrogen and oxygen atoms in total. The Labute approximate surface area is 208 Å². The lowest BCUT2D eigenvalue weighted by Crippen LogP contribution is -2.03. The van der Waals surface area contributed by atoms with E-state index in [1.54, 1.807) is 6.92 Å². The van der Waals surface area contributed by atoms with Gasteiger partial charge >= 0.3 is 0 Å². The van der Waals surface area contributed by atoms with E-state index in [-0.39, 0.29) is 0 Å². The standard InChI is InChI=1S/C30H47N3O/c1-4-6-8-10-12-14-16-18-26-20-21-31-29(22-26)30-24-27(23-28(32-30)25(3)33-34)19-17-15-13-11-9-7-5-2/h20-24,34H,4-19H2,1-3H3/b33-25-. The van der Waals surface area contributed by atoms with Gasteiger partial charge in [-0.15, -0.1) is 0 Å². The second-order valence-corrected chi connectivity index (χ2v) is 9.72. The minimum Gasteiger partial charge on any atom is -0.411 e. The Bertz CT molecular complexity index is 847. The van der Waals surface area contributed by atoms with Crippen molar-refractivity contribution >= 4 is 5.71 Å². The molecule has 0 aliphatic carbocycles. The first kappa shape index (κ1) is 28.0. The maximum atomic E-state index is 9.32. The molecular formula is C30H47N3O. The minimum atomic E-state index is 0.543. The van der Waals surface area contributed by atoms with Crippen molar-refractivity contribution < 1.29 is 5.21 Å². The van der Waals surface area contributed by atoms with Gasteiger partial charge in [-0.2, -0.15) is 0 Å². The summed E-state index contributed by atoms with van der Waals surface area (Å²) in [6.45, 7) is 6.33. The topological polar surface area (TPSA) is 58.4 Å². The van der Waals surface area contributed by atoms with E-state index in [9.17, 15) is 5.21 Å². The quantitative estimate of drug-likeness (QED) is 0.103. The van der Waals surface area contributed by atoms with Crippen molar-refractivity contribution in [2.75, 3.05) is 0 Å². The lowest BCUT2D eigenvalue weighted by atomic mass is 10.0. The number of hydrogen-bond acceptors (Lipinski definition) is 4. The monoisotopic (exact) mass is 465 g/mol. The molecule has 0 radical (unpaired) electrons. The van der Waals surface area contributed by atoms with Crippen LogP contribution in [0.25, 0.3) is 11.4 Å². The Morgan fingerprint density at radius 2 is 1.24 bits per heavy atom. The molecule has 0 aliphatic heterocycles. The van der Waals surface area contributed by atoms with E-state index < -0.39 is 0 Å². The molecular weight excluding hydrogens is 418 g/mol. The second kappa shape index (κ2) is 17.2. The first-order valence-electron chi connectivity index (χ1n) is 13.8. The fourth-order valence-corrected chi connectivity index (χ4v) is 4.44. The predicted octanol–water partition coefficient (Wildman–Crippen LogP) is 8.93. The van der Waals surface area contributed by atoms with Gasteiger partial charge < -0.3 is 5.21 Å². The van der Waals surface area contributed by atoms with Crippen LogP contribution in [0.4, 0.5) is 0 Å². The summed E-state index contributed by atoms with van der Waals surface area (Å²) in [5.41, 5.74) is 5.63. The van der Waals surface area contributed by atoms with E-state index in [1.807, 2.05) is 6.20 Å². The Balaban J connectivity index is 1.99. The molecule has 1 N–H and O–H groups in total. The summed E-state index contributed by atoms with van der Waals surface area (Å²) in [5, 5.41) is 12.7. The minimum absolute atomic E-state index is 0.543. The predicted molar refractivity (Wildman–Crippen MR) is 145 cm³/mol. The summed E-state index contributed by atoms with van der Waals surface area (Å²) in [7, 11) is 0. The molecule has 0 amide bonds. The average Bonchev–Trinajstić information content (AvgIpc) is 2.87. The van der Waals surface area contributed by atoms with Crippen LogP contribution in [0.1, 0.15) is 127 Å². The normalized spacial score (nSPS) is 11.8. The SMILES string of the molecule is CCCCCCCCCc1ccnc(-c2cc(CCCCCCCCC)cc(/C(C)=N\O)n2)c1. The molecule has 0 saturated heterocycles. The molecule has 0 bridgehead atoms. The van der Waals surface area contributed by atoms with E-state index in [0.717, 1.165) is 29.9 Å². The third kappa shape index (κ3) is 10.8. The zero-order valence-corrected chi connectivity index (χ0v) is 22.0. The van der Waals surface area contributed by atoms with E-state index >= 15 is 0 Å². The lowest BCUT2D eigenvalue weighted by molar-refractivity contribution is 0.319. The van der Waals surface area contributed by atoms with E-state index in [2.05, 4.69) is 48.3 Å². The van der Waals surface area contributed by atoms with Crippen LogP contribution in [0.2, 0.25) is 0 Å². The van der Waals surface area contributed by atoms with Gasteiger partial charge in [0.25, 0.3) is 0 Å². The third-order valence-corrected chi connectivity index (χ3v) is 6.63. The summed E-state index contributed by atoms with van der Waals surface area (Å²) in [6.07, 6.45) is 22.4. The van der Waals surface area contributed by atoms with Gasteiger partial charge in [-0.05, 0) is 68.0 Å². The molecule has 0 unspecified atom stereocenters. The molecule has 2 rings (SSSR count). The Kier molecular flexibility index (Phi) is 14.2. The summed E-state index contributed by atoms with van der Waals surface area (Å²) in [6, 6.07) is 8.56. The fraction of sp³-hybridized carbons (Fsp3) is 0.633. The molecule has 4 heteroatoms. The summed E-state index contributed by atoms with van der Waals surface area (Å²) in [4.78, 5) is 9.41. The number of hydrogen-bond donors (Lipinski definition) is 1. The Hall–Kier alpha value is -2.23. The van der Waals surface area contributed by atoms with Gasteiger partial charge in [-0.25, -0.2) is 4.98 Å². The second-order valence-electron chi connectivity index (χ2n) is 9.72. The summed E-state index contributed by atoms with van der Waals surface area (Å²) in [5.74, 6) is 0. The van der Waals surface area contributed by atoms with Gasteiger partial charge in [0.05, 0.1) is 17.1 Å². The number of nitrogens with zero attached hydrogens (tertiary/aromatic N) is 3. The van der Waals surface area contributed by atoms with Crippen LogP contribution in [0.5, 0.6) is 0 Å². The molecule has 34 heavy (non-hydrogen) atoms. The summed E-state index contributed by atoms with van der Waals surface area (Å²) >= 11 is 0. The molecule has 0 aliphatic rings. The zero-order chi connectivity index (χ0) is 24.4. The number of aryl methyl sites for hydroxylation is 2. The highest BCUT2D eigenvalue weighted by atomic mass is 16.4. The summed E-state index contributed by atoms with van der Waals surface area (Å²) < 4.78 is 0. The molecule has 0 atom stereocenters. The van der Waals surface area contributed by atoms with Crippen LogP contribution in [-0.2, 0) is 12.8 Å². The Morgan fingerprint density at radius 3 is 1.82 bits per heavy atom. The number of unbranched alkanes of at least 4 members (excludes halogenated alkanes) is 12. The molecule has 0 spiro atoms. The highest BCUT2D eigenvalue weighted by Crippen LogP contribution is 2.22. The highest BCUT2D eigenvalue weighted by molar-refractivity contribution is 5.97. The van der Waals surface area contributed by atoms with E-state index in [0.29, 0.717) is 5.71 Å². The van der Waals surface area contributed by atoms with Crippen molar-refractivity contribution in [3.05, 3.63) is 47.3 Å². The molecule has 2 aromatic rings. The van der Waals surface area contributed by atoms with Crippen molar-refractivity contribution in [1.82, 2.24) is 9.97 Å². The van der Waals surface area contributed by atoms with Crippen molar-refractivity contribution in [2.45, 2.75) is 124 Å². The largest absolute Gasteiger partial charge is 0.411 e. The van der Waals surface area contributed by atoms with Crippen molar-refractivity contribution in [1.29, 1.82) is 0 Å². The maximum absolute atomic E-state index is 9.32. The molecule has 0 saturated carbocycles. The van der Waals surface area contributed by atoms with Crippen molar-refractivity contribution in [2.24, 2.45) is 5.16 Å². The van der Waals surface area contributed by atoms with Crippen LogP contribution in [0.15, 0.2) is 35.6 Å². The van der Waals surface area contributed by atoms with Crippen LogP contribution >= 0.6 is 0 Å². The fourth-order valence-electron chi connectivity index (χ4n) is 4.44. The first-order valence-corrected chi connectivity index (χ1v) is 13.8. The van der Waals surface area contributed by atoms with E-state index in [4.69, 9.17) is 4.98 Å². The molecule has 2 heterocycles. The number of rotatable bonds is 18. The average molecular weight is 466 g/mol. The first-order chi connectivity index (χ1) is 16.7. The smallest absolute Gasteiger partial charge is 0.102 e. The van der Waals surface area contributed by atoms with Crippen LogP contribution in [-0.4, -0.2) is 20.9 Å². The number of oxime groups is 1. The number of aromatic nitrogens is 2. The molecule has 0 aromatic carbocycles. The highest BCUT2D eigenvalue weighted by Gasteiger charge is 2.10. The van der Waals surface area contributed by atoms with Crippen molar-refractivity contribution in [3.63, 3.8) is 0 Å². The molecule has 2 aromatic heterocycles. The third-order valence-electron chi connectivity index (χ3n) is 6.63. The van der Waals surface area contributed by atoms with Crippen LogP contribution < -0.4 is 0 Å². The maximum Gasteiger partial charge on any atom is 0.102 e. The Morgan fingerprint density at radius 1 is 0.706 bits per heavy atom. The van der Waals surface area contributed by atoms with Gasteiger partial charge in [0.1, 0.15) is 5.71 Å².